The minimum absolute atomic E-state index is 0.114. The number of hydrogen-bond donors (Lipinski definition) is 2. The highest BCUT2D eigenvalue weighted by Crippen LogP contribution is 2.26. The molecule has 21 heavy (non-hydrogen) atoms. The van der Waals surface area contributed by atoms with Crippen molar-refractivity contribution in [3.63, 3.8) is 0 Å². The van der Waals surface area contributed by atoms with Gasteiger partial charge in [0.05, 0.1) is 7.11 Å². The summed E-state index contributed by atoms with van der Waals surface area (Å²) >= 11 is 0. The molecule has 0 atom stereocenters. The fourth-order valence-corrected chi connectivity index (χ4v) is 1.71. The molecule has 2 rings (SSSR count). The van der Waals surface area contributed by atoms with Gasteiger partial charge in [0.15, 0.2) is 6.61 Å². The molecular weight excluding hydrogens is 274 g/mol. The molecule has 0 spiro atoms. The molecule has 0 radical (unpaired) electrons. The molecule has 6 nitrogen and oxygen atoms in total. The first-order valence-corrected chi connectivity index (χ1v) is 6.59. The topological polar surface area (TPSA) is 84.9 Å². The summed E-state index contributed by atoms with van der Waals surface area (Å²) in [6, 6.07) is 5.26. The maximum Gasteiger partial charge on any atom is 0.328 e. The number of nitrogens with one attached hydrogen (secondary N) is 1. The average molecular weight is 291 g/mol. The van der Waals surface area contributed by atoms with Gasteiger partial charge in [-0.3, -0.25) is 4.79 Å². The summed E-state index contributed by atoms with van der Waals surface area (Å²) in [5.74, 6) is -0.269. The van der Waals surface area contributed by atoms with E-state index in [-0.39, 0.29) is 18.6 Å². The fraction of sp³-hybridized carbons (Fsp3) is 0.333. The third kappa shape index (κ3) is 4.83. The molecule has 0 bridgehead atoms. The molecule has 1 fully saturated rings. The maximum absolute atomic E-state index is 11.6. The van der Waals surface area contributed by atoms with Gasteiger partial charge in [0.25, 0.3) is 5.91 Å². The van der Waals surface area contributed by atoms with Crippen molar-refractivity contribution in [3.05, 3.63) is 29.8 Å². The van der Waals surface area contributed by atoms with Crippen LogP contribution in [0.1, 0.15) is 18.4 Å². The van der Waals surface area contributed by atoms with E-state index in [9.17, 15) is 9.59 Å². The van der Waals surface area contributed by atoms with E-state index in [1.807, 2.05) is 0 Å². The Morgan fingerprint density at radius 2 is 2.19 bits per heavy atom. The number of methoxy groups -OCH3 is 1. The van der Waals surface area contributed by atoms with E-state index >= 15 is 0 Å². The molecule has 1 aliphatic carbocycles. The highest BCUT2D eigenvalue weighted by molar-refractivity contribution is 5.86. The number of carboxylic acids is 1. The molecule has 1 saturated carbocycles. The monoisotopic (exact) mass is 291 g/mol. The first kappa shape index (κ1) is 14.9. The molecule has 0 heterocycles. The molecule has 1 aromatic rings. The van der Waals surface area contributed by atoms with Crippen LogP contribution in [0.3, 0.4) is 0 Å². The van der Waals surface area contributed by atoms with E-state index < -0.39 is 5.97 Å². The lowest BCUT2D eigenvalue weighted by Crippen LogP contribution is -2.30. The Morgan fingerprint density at radius 1 is 1.43 bits per heavy atom. The van der Waals surface area contributed by atoms with Crippen molar-refractivity contribution in [2.45, 2.75) is 18.9 Å². The largest absolute Gasteiger partial charge is 0.497 e. The van der Waals surface area contributed by atoms with Crippen molar-refractivity contribution in [1.29, 1.82) is 0 Å². The normalized spacial score (nSPS) is 14.0. The number of benzene rings is 1. The Hall–Kier alpha value is -2.50. The number of rotatable bonds is 7. The van der Waals surface area contributed by atoms with E-state index in [0.717, 1.165) is 18.9 Å². The van der Waals surface area contributed by atoms with Crippen molar-refractivity contribution in [1.82, 2.24) is 5.32 Å². The Bertz CT molecular complexity index is 563. The van der Waals surface area contributed by atoms with E-state index in [4.69, 9.17) is 14.6 Å². The fourth-order valence-electron chi connectivity index (χ4n) is 1.71. The molecule has 1 aromatic carbocycles. The van der Waals surface area contributed by atoms with Gasteiger partial charge < -0.3 is 19.9 Å². The van der Waals surface area contributed by atoms with Crippen LogP contribution in [0, 0.1) is 0 Å². The molecule has 1 amide bonds. The molecule has 0 aliphatic heterocycles. The number of amides is 1. The number of carboxylic acid groups (broad SMARTS) is 1. The summed E-state index contributed by atoms with van der Waals surface area (Å²) in [6.07, 6.45) is 4.45. The second-order valence-corrected chi connectivity index (χ2v) is 4.71. The minimum atomic E-state index is -1.05. The van der Waals surface area contributed by atoms with E-state index in [0.29, 0.717) is 17.1 Å². The van der Waals surface area contributed by atoms with E-state index in [1.165, 1.54) is 13.2 Å². The zero-order valence-electron chi connectivity index (χ0n) is 11.7. The number of ether oxygens (including phenoxy) is 2. The van der Waals surface area contributed by atoms with Crippen molar-refractivity contribution in [2.24, 2.45) is 0 Å². The highest BCUT2D eigenvalue weighted by atomic mass is 16.5. The number of carbonyl (C=O) groups excluding carboxylic acids is 1. The molecular formula is C15H17NO5. The summed E-state index contributed by atoms with van der Waals surface area (Å²) in [6.45, 7) is -0.114. The molecule has 1 aliphatic rings. The second-order valence-electron chi connectivity index (χ2n) is 4.71. The van der Waals surface area contributed by atoms with Gasteiger partial charge in [0.2, 0.25) is 0 Å². The van der Waals surface area contributed by atoms with Gasteiger partial charge in [-0.1, -0.05) is 0 Å². The van der Waals surface area contributed by atoms with Gasteiger partial charge in [0.1, 0.15) is 11.5 Å². The Kier molecular flexibility index (Phi) is 4.81. The first-order valence-electron chi connectivity index (χ1n) is 6.59. The van der Waals surface area contributed by atoms with Crippen LogP contribution in [0.2, 0.25) is 0 Å². The Morgan fingerprint density at radius 3 is 2.81 bits per heavy atom. The minimum Gasteiger partial charge on any atom is -0.497 e. The van der Waals surface area contributed by atoms with Gasteiger partial charge in [-0.05, 0) is 31.1 Å². The zero-order valence-corrected chi connectivity index (χ0v) is 11.7. The highest BCUT2D eigenvalue weighted by Gasteiger charge is 2.23. The first-order chi connectivity index (χ1) is 10.1. The van der Waals surface area contributed by atoms with Crippen LogP contribution in [-0.2, 0) is 9.59 Å². The van der Waals surface area contributed by atoms with Crippen LogP contribution in [-0.4, -0.2) is 36.7 Å². The number of aliphatic carboxylic acids is 1. The van der Waals surface area contributed by atoms with Crippen LogP contribution in [0.15, 0.2) is 24.3 Å². The lowest BCUT2D eigenvalue weighted by atomic mass is 10.1. The molecule has 0 unspecified atom stereocenters. The van der Waals surface area contributed by atoms with Gasteiger partial charge in [0, 0.05) is 23.7 Å². The Labute approximate surface area is 122 Å². The summed E-state index contributed by atoms with van der Waals surface area (Å²) in [7, 11) is 1.52. The Balaban J connectivity index is 2.06. The second kappa shape index (κ2) is 6.78. The lowest BCUT2D eigenvalue weighted by Gasteiger charge is -2.11. The van der Waals surface area contributed by atoms with Crippen molar-refractivity contribution in [2.75, 3.05) is 13.7 Å². The van der Waals surface area contributed by atoms with Crippen LogP contribution in [0.25, 0.3) is 6.08 Å². The molecule has 6 heteroatoms. The number of carbonyl (C=O) groups is 2. The quantitative estimate of drug-likeness (QED) is 0.743. The SMILES string of the molecule is COc1ccc(/C=C/C(=O)O)c(OCC(=O)NC2CC2)c1. The van der Waals surface area contributed by atoms with Gasteiger partial charge >= 0.3 is 5.97 Å². The maximum atomic E-state index is 11.6. The van der Waals surface area contributed by atoms with Crippen molar-refractivity contribution < 1.29 is 24.2 Å². The third-order valence-corrected chi connectivity index (χ3v) is 2.93. The van der Waals surface area contributed by atoms with Crippen LogP contribution in [0.4, 0.5) is 0 Å². The summed E-state index contributed by atoms with van der Waals surface area (Å²) in [4.78, 5) is 22.2. The summed E-state index contributed by atoms with van der Waals surface area (Å²) in [5.41, 5.74) is 0.567. The summed E-state index contributed by atoms with van der Waals surface area (Å²) < 4.78 is 10.6. The number of hydrogen-bond acceptors (Lipinski definition) is 4. The van der Waals surface area contributed by atoms with Crippen molar-refractivity contribution in [3.8, 4) is 11.5 Å². The lowest BCUT2D eigenvalue weighted by molar-refractivity contribution is -0.131. The molecule has 0 aromatic heterocycles. The average Bonchev–Trinajstić information content (AvgIpc) is 3.27. The van der Waals surface area contributed by atoms with Gasteiger partial charge in [-0.2, -0.15) is 0 Å². The smallest absolute Gasteiger partial charge is 0.328 e. The molecule has 2 N–H and O–H groups in total. The summed E-state index contributed by atoms with van der Waals surface area (Å²) in [5, 5.41) is 11.5. The van der Waals surface area contributed by atoms with Gasteiger partial charge in [-0.15, -0.1) is 0 Å². The molecule has 112 valence electrons. The van der Waals surface area contributed by atoms with Crippen LogP contribution in [0.5, 0.6) is 11.5 Å². The standard InChI is InChI=1S/C15H17NO5/c1-20-12-6-2-10(3-7-15(18)19)13(8-12)21-9-14(17)16-11-4-5-11/h2-3,6-8,11H,4-5,9H2,1H3,(H,16,17)(H,18,19)/b7-3+. The zero-order chi connectivity index (χ0) is 15.2. The predicted octanol–water partition coefficient (Wildman–Crippen LogP) is 1.45. The van der Waals surface area contributed by atoms with Crippen LogP contribution >= 0.6 is 0 Å². The predicted molar refractivity (Wildman–Crippen MR) is 76.3 cm³/mol. The van der Waals surface area contributed by atoms with Crippen LogP contribution < -0.4 is 14.8 Å². The third-order valence-electron chi connectivity index (χ3n) is 2.93. The molecule has 0 saturated heterocycles. The van der Waals surface area contributed by atoms with E-state index in [2.05, 4.69) is 5.32 Å². The van der Waals surface area contributed by atoms with E-state index in [1.54, 1.807) is 18.2 Å². The van der Waals surface area contributed by atoms with Crippen molar-refractivity contribution >= 4 is 18.0 Å². The van der Waals surface area contributed by atoms with Gasteiger partial charge in [-0.25, -0.2) is 4.79 Å².